The van der Waals surface area contributed by atoms with Gasteiger partial charge < -0.3 is 19.9 Å². The van der Waals surface area contributed by atoms with E-state index < -0.39 is 0 Å². The predicted molar refractivity (Wildman–Crippen MR) is 95.7 cm³/mol. The standard InChI is InChI=1S/C19H29N3O2/c1-15-5-3-7-18(16(15)2)22-10-8-21(9-11-22)14-19(23)20-13-17-6-4-12-24-17/h3,5,7,17H,4,6,8-14H2,1-2H3,(H,20,23)/p+1/t17-/m0/s1. The van der Waals surface area contributed by atoms with Crippen molar-refractivity contribution in [3.63, 3.8) is 0 Å². The van der Waals surface area contributed by atoms with E-state index in [0.29, 0.717) is 13.1 Å². The van der Waals surface area contributed by atoms with E-state index >= 15 is 0 Å². The molecule has 2 N–H and O–H groups in total. The number of hydrogen-bond donors (Lipinski definition) is 2. The summed E-state index contributed by atoms with van der Waals surface area (Å²) in [5.74, 6) is 0.153. The Hall–Kier alpha value is -1.59. The third kappa shape index (κ3) is 4.28. The highest BCUT2D eigenvalue weighted by molar-refractivity contribution is 5.76. The third-order valence-corrected chi connectivity index (χ3v) is 5.35. The molecule has 0 radical (unpaired) electrons. The Morgan fingerprint density at radius 3 is 2.83 bits per heavy atom. The summed E-state index contributed by atoms with van der Waals surface area (Å²) in [5.41, 5.74) is 4.06. The Bertz CT molecular complexity index is 562. The summed E-state index contributed by atoms with van der Waals surface area (Å²) in [7, 11) is 0. The van der Waals surface area contributed by atoms with Crippen LogP contribution in [0.1, 0.15) is 24.0 Å². The van der Waals surface area contributed by atoms with Crippen molar-refractivity contribution in [2.75, 3.05) is 50.8 Å². The van der Waals surface area contributed by atoms with Crippen molar-refractivity contribution in [2.24, 2.45) is 0 Å². The molecule has 0 saturated carbocycles. The van der Waals surface area contributed by atoms with Crippen LogP contribution in [-0.4, -0.2) is 57.9 Å². The molecule has 0 spiro atoms. The molecule has 2 aliphatic rings. The zero-order chi connectivity index (χ0) is 16.9. The molecule has 1 amide bonds. The van der Waals surface area contributed by atoms with Gasteiger partial charge in [0.25, 0.3) is 5.91 Å². The SMILES string of the molecule is Cc1cccc(N2CC[NH+](CC(=O)NC[C@@H]3CCCO3)CC2)c1C. The van der Waals surface area contributed by atoms with Crippen molar-refractivity contribution in [1.29, 1.82) is 0 Å². The Morgan fingerprint density at radius 1 is 1.33 bits per heavy atom. The zero-order valence-corrected chi connectivity index (χ0v) is 14.9. The number of quaternary nitrogens is 1. The van der Waals surface area contributed by atoms with Crippen LogP contribution < -0.4 is 15.1 Å². The Balaban J connectivity index is 1.43. The molecule has 0 unspecified atom stereocenters. The van der Waals surface area contributed by atoms with Crippen LogP contribution in [0.25, 0.3) is 0 Å². The first-order chi connectivity index (χ1) is 11.6. The summed E-state index contributed by atoms with van der Waals surface area (Å²) in [6.07, 6.45) is 2.42. The van der Waals surface area contributed by atoms with Crippen molar-refractivity contribution in [3.05, 3.63) is 29.3 Å². The molecule has 1 aromatic carbocycles. The fourth-order valence-electron chi connectivity index (χ4n) is 3.64. The topological polar surface area (TPSA) is 46.0 Å². The van der Waals surface area contributed by atoms with Gasteiger partial charge in [0.15, 0.2) is 6.54 Å². The summed E-state index contributed by atoms with van der Waals surface area (Å²) in [4.78, 5) is 15.9. The van der Waals surface area contributed by atoms with Gasteiger partial charge in [0, 0.05) is 18.8 Å². The highest BCUT2D eigenvalue weighted by Crippen LogP contribution is 2.22. The van der Waals surface area contributed by atoms with Crippen molar-refractivity contribution >= 4 is 11.6 Å². The number of carbonyl (C=O) groups is 1. The molecule has 2 fully saturated rings. The van der Waals surface area contributed by atoms with Crippen LogP contribution in [-0.2, 0) is 9.53 Å². The normalized spacial score (nSPS) is 21.9. The summed E-state index contributed by atoms with van der Waals surface area (Å²) < 4.78 is 5.55. The molecule has 132 valence electrons. The van der Waals surface area contributed by atoms with Gasteiger partial charge in [-0.05, 0) is 43.9 Å². The van der Waals surface area contributed by atoms with Gasteiger partial charge in [0.2, 0.25) is 0 Å². The lowest BCUT2D eigenvalue weighted by Gasteiger charge is -2.34. The first-order valence-electron chi connectivity index (χ1n) is 9.16. The van der Waals surface area contributed by atoms with Crippen LogP contribution in [0.5, 0.6) is 0 Å². The highest BCUT2D eigenvalue weighted by atomic mass is 16.5. The average molecular weight is 332 g/mol. The Morgan fingerprint density at radius 2 is 2.12 bits per heavy atom. The van der Waals surface area contributed by atoms with Crippen molar-refractivity contribution < 1.29 is 14.4 Å². The third-order valence-electron chi connectivity index (χ3n) is 5.35. The molecule has 2 saturated heterocycles. The van der Waals surface area contributed by atoms with Crippen molar-refractivity contribution in [2.45, 2.75) is 32.8 Å². The molecule has 2 heterocycles. The van der Waals surface area contributed by atoms with Gasteiger partial charge in [0.05, 0.1) is 32.3 Å². The first-order valence-corrected chi connectivity index (χ1v) is 9.16. The molecule has 0 aromatic heterocycles. The lowest BCUT2D eigenvalue weighted by molar-refractivity contribution is -0.892. The molecule has 1 atom stereocenters. The largest absolute Gasteiger partial charge is 0.376 e. The summed E-state index contributed by atoms with van der Waals surface area (Å²) >= 11 is 0. The minimum Gasteiger partial charge on any atom is -0.376 e. The summed E-state index contributed by atoms with van der Waals surface area (Å²) in [6, 6.07) is 6.51. The Labute approximate surface area is 145 Å². The number of nitrogens with zero attached hydrogens (tertiary/aromatic N) is 1. The number of aryl methyl sites for hydroxylation is 1. The lowest BCUT2D eigenvalue weighted by atomic mass is 10.1. The minimum absolute atomic E-state index is 0.153. The van der Waals surface area contributed by atoms with E-state index in [1.54, 1.807) is 0 Å². The molecule has 1 aromatic rings. The van der Waals surface area contributed by atoms with Gasteiger partial charge in [-0.2, -0.15) is 0 Å². The monoisotopic (exact) mass is 332 g/mol. The van der Waals surface area contributed by atoms with E-state index in [9.17, 15) is 4.79 Å². The van der Waals surface area contributed by atoms with E-state index in [-0.39, 0.29) is 12.0 Å². The smallest absolute Gasteiger partial charge is 0.275 e. The van der Waals surface area contributed by atoms with E-state index in [4.69, 9.17) is 4.74 Å². The number of ether oxygens (including phenoxy) is 1. The second kappa shape index (κ2) is 7.99. The highest BCUT2D eigenvalue weighted by Gasteiger charge is 2.24. The van der Waals surface area contributed by atoms with Crippen LogP contribution in [0.2, 0.25) is 0 Å². The molecule has 2 aliphatic heterocycles. The first kappa shape index (κ1) is 17.2. The van der Waals surface area contributed by atoms with Gasteiger partial charge >= 0.3 is 0 Å². The van der Waals surface area contributed by atoms with Gasteiger partial charge in [-0.3, -0.25) is 4.79 Å². The second-order valence-electron chi connectivity index (χ2n) is 7.07. The van der Waals surface area contributed by atoms with Crippen LogP contribution in [0.4, 0.5) is 5.69 Å². The van der Waals surface area contributed by atoms with Crippen LogP contribution in [0.3, 0.4) is 0 Å². The molecular formula is C19H30N3O2+. The Kier molecular flexibility index (Phi) is 5.74. The number of amides is 1. The molecule has 24 heavy (non-hydrogen) atoms. The lowest BCUT2D eigenvalue weighted by Crippen LogP contribution is -3.16. The molecular weight excluding hydrogens is 302 g/mol. The maximum atomic E-state index is 12.1. The summed E-state index contributed by atoms with van der Waals surface area (Å²) in [6.45, 7) is 10.5. The number of anilines is 1. The van der Waals surface area contributed by atoms with Crippen molar-refractivity contribution in [1.82, 2.24) is 5.32 Å². The molecule has 5 heteroatoms. The minimum atomic E-state index is 0.153. The van der Waals surface area contributed by atoms with E-state index in [2.05, 4.69) is 42.3 Å². The number of benzene rings is 1. The molecule has 3 rings (SSSR count). The van der Waals surface area contributed by atoms with Gasteiger partial charge in [-0.25, -0.2) is 0 Å². The number of carbonyl (C=O) groups excluding carboxylic acids is 1. The predicted octanol–water partition coefficient (Wildman–Crippen LogP) is 0.304. The van der Waals surface area contributed by atoms with Gasteiger partial charge in [-0.15, -0.1) is 0 Å². The number of nitrogens with one attached hydrogen (secondary N) is 2. The van der Waals surface area contributed by atoms with E-state index in [1.165, 1.54) is 21.7 Å². The quantitative estimate of drug-likeness (QED) is 0.815. The van der Waals surface area contributed by atoms with E-state index in [0.717, 1.165) is 45.6 Å². The van der Waals surface area contributed by atoms with Gasteiger partial charge in [-0.1, -0.05) is 12.1 Å². The molecule has 5 nitrogen and oxygen atoms in total. The summed E-state index contributed by atoms with van der Waals surface area (Å²) in [5, 5.41) is 3.03. The van der Waals surface area contributed by atoms with Crippen molar-refractivity contribution in [3.8, 4) is 0 Å². The number of piperazine rings is 1. The second-order valence-corrected chi connectivity index (χ2v) is 7.07. The van der Waals surface area contributed by atoms with Crippen LogP contribution >= 0.6 is 0 Å². The van der Waals surface area contributed by atoms with Crippen LogP contribution in [0.15, 0.2) is 18.2 Å². The fraction of sp³-hybridized carbons (Fsp3) is 0.632. The number of hydrogen-bond acceptors (Lipinski definition) is 3. The van der Waals surface area contributed by atoms with E-state index in [1.807, 2.05) is 0 Å². The maximum Gasteiger partial charge on any atom is 0.275 e. The van der Waals surface area contributed by atoms with Gasteiger partial charge in [0.1, 0.15) is 0 Å². The fourth-order valence-corrected chi connectivity index (χ4v) is 3.64. The number of rotatable bonds is 5. The molecule has 0 bridgehead atoms. The average Bonchev–Trinajstić information content (AvgIpc) is 3.10. The molecule has 0 aliphatic carbocycles. The van der Waals surface area contributed by atoms with Crippen LogP contribution in [0, 0.1) is 13.8 Å². The maximum absolute atomic E-state index is 12.1. The zero-order valence-electron chi connectivity index (χ0n) is 14.9.